The van der Waals surface area contributed by atoms with Crippen LogP contribution in [0.4, 0.5) is 0 Å². The van der Waals surface area contributed by atoms with Crippen LogP contribution in [0.1, 0.15) is 72.6 Å². The van der Waals surface area contributed by atoms with Gasteiger partial charge in [-0.3, -0.25) is 0 Å². The second-order valence-corrected chi connectivity index (χ2v) is 8.45. The first-order chi connectivity index (χ1) is 9.94. The molecule has 0 amide bonds. The van der Waals surface area contributed by atoms with E-state index in [9.17, 15) is 0 Å². The number of nitrogens with one attached hydrogen (secondary N) is 1. The van der Waals surface area contributed by atoms with Crippen LogP contribution in [0.15, 0.2) is 0 Å². The molecule has 0 spiro atoms. The van der Waals surface area contributed by atoms with Gasteiger partial charge in [0, 0.05) is 6.54 Å². The van der Waals surface area contributed by atoms with Crippen LogP contribution in [0.5, 0.6) is 0 Å². The quantitative estimate of drug-likeness (QED) is 0.798. The van der Waals surface area contributed by atoms with E-state index in [-0.39, 0.29) is 5.60 Å². The van der Waals surface area contributed by atoms with E-state index >= 15 is 0 Å². The van der Waals surface area contributed by atoms with Gasteiger partial charge in [0.2, 0.25) is 0 Å². The first-order valence-corrected chi connectivity index (χ1v) is 9.26. The summed E-state index contributed by atoms with van der Waals surface area (Å²) in [6.07, 6.45) is 9.59. The first kappa shape index (κ1) is 17.3. The minimum Gasteiger partial charge on any atom is -0.370 e. The maximum absolute atomic E-state index is 6.77. The van der Waals surface area contributed by atoms with Crippen molar-refractivity contribution in [1.29, 1.82) is 0 Å². The predicted octanol–water partition coefficient (Wildman–Crippen LogP) is 4.63. The molecule has 0 aromatic rings. The molecule has 2 nitrogen and oxygen atoms in total. The van der Waals surface area contributed by atoms with Gasteiger partial charge >= 0.3 is 0 Å². The Morgan fingerprint density at radius 3 is 2.10 bits per heavy atom. The summed E-state index contributed by atoms with van der Waals surface area (Å²) in [6, 6.07) is 0. The summed E-state index contributed by atoms with van der Waals surface area (Å²) in [7, 11) is 2.08. The SMILES string of the molecule is CNCC1(OC2CC(C)CC(C)C2)CCC(C(C)C)CC1. The van der Waals surface area contributed by atoms with Gasteiger partial charge in [-0.2, -0.15) is 0 Å². The highest BCUT2D eigenvalue weighted by atomic mass is 16.5. The van der Waals surface area contributed by atoms with Crippen LogP contribution in [0.25, 0.3) is 0 Å². The first-order valence-electron chi connectivity index (χ1n) is 9.26. The molecule has 2 rings (SSSR count). The molecular formula is C19H37NO. The Balaban J connectivity index is 1.95. The van der Waals surface area contributed by atoms with E-state index in [1.807, 2.05) is 0 Å². The molecule has 0 bridgehead atoms. The third-order valence-electron chi connectivity index (χ3n) is 5.94. The lowest BCUT2D eigenvalue weighted by atomic mass is 9.74. The number of hydrogen-bond donors (Lipinski definition) is 1. The molecule has 2 saturated carbocycles. The lowest BCUT2D eigenvalue weighted by Crippen LogP contribution is -2.48. The monoisotopic (exact) mass is 295 g/mol. The molecule has 0 aliphatic heterocycles. The van der Waals surface area contributed by atoms with E-state index in [4.69, 9.17) is 4.74 Å². The van der Waals surface area contributed by atoms with Crippen LogP contribution in [0.3, 0.4) is 0 Å². The van der Waals surface area contributed by atoms with Crippen molar-refractivity contribution in [2.75, 3.05) is 13.6 Å². The molecule has 2 fully saturated rings. The highest BCUT2D eigenvalue weighted by molar-refractivity contribution is 4.91. The topological polar surface area (TPSA) is 21.3 Å². The standard InChI is InChI=1S/C19H37NO/c1-14(2)17-6-8-19(9-7-17,13-20-5)21-18-11-15(3)10-16(4)12-18/h14-18,20H,6-13H2,1-5H3. The second-order valence-electron chi connectivity index (χ2n) is 8.45. The number of hydrogen-bond acceptors (Lipinski definition) is 2. The van der Waals surface area contributed by atoms with E-state index in [1.165, 1.54) is 44.9 Å². The molecule has 0 aromatic heterocycles. The Labute approximate surface area is 132 Å². The maximum Gasteiger partial charge on any atom is 0.0810 e. The van der Waals surface area contributed by atoms with Gasteiger partial charge in [0.25, 0.3) is 0 Å². The molecule has 2 aliphatic rings. The van der Waals surface area contributed by atoms with Crippen molar-refractivity contribution in [3.05, 3.63) is 0 Å². The van der Waals surface area contributed by atoms with Gasteiger partial charge in [-0.15, -0.1) is 0 Å². The molecule has 0 radical (unpaired) electrons. The zero-order valence-electron chi connectivity index (χ0n) is 15.0. The number of ether oxygens (including phenoxy) is 1. The number of likely N-dealkylation sites (N-methyl/N-ethyl adjacent to an activating group) is 1. The van der Waals surface area contributed by atoms with Gasteiger partial charge in [-0.1, -0.05) is 27.7 Å². The minimum absolute atomic E-state index is 0.113. The van der Waals surface area contributed by atoms with Gasteiger partial charge in [0.1, 0.15) is 0 Å². The lowest BCUT2D eigenvalue weighted by Gasteiger charge is -2.45. The summed E-state index contributed by atoms with van der Waals surface area (Å²) in [4.78, 5) is 0. The summed E-state index contributed by atoms with van der Waals surface area (Å²) < 4.78 is 6.77. The van der Waals surface area contributed by atoms with Gasteiger partial charge < -0.3 is 10.1 Å². The van der Waals surface area contributed by atoms with Crippen LogP contribution >= 0.6 is 0 Å². The van der Waals surface area contributed by atoms with Crippen molar-refractivity contribution >= 4 is 0 Å². The van der Waals surface area contributed by atoms with Crippen molar-refractivity contribution in [1.82, 2.24) is 5.32 Å². The molecule has 1 N–H and O–H groups in total. The molecule has 2 atom stereocenters. The van der Waals surface area contributed by atoms with Crippen LogP contribution in [-0.4, -0.2) is 25.3 Å². The molecule has 124 valence electrons. The van der Waals surface area contributed by atoms with Crippen molar-refractivity contribution in [2.24, 2.45) is 23.7 Å². The van der Waals surface area contributed by atoms with Crippen molar-refractivity contribution in [2.45, 2.75) is 84.3 Å². The van der Waals surface area contributed by atoms with Crippen molar-refractivity contribution < 1.29 is 4.74 Å². The zero-order chi connectivity index (χ0) is 15.5. The van der Waals surface area contributed by atoms with Crippen LogP contribution in [-0.2, 0) is 4.74 Å². The van der Waals surface area contributed by atoms with E-state index in [0.717, 1.165) is 30.2 Å². The smallest absolute Gasteiger partial charge is 0.0810 e. The van der Waals surface area contributed by atoms with Gasteiger partial charge in [-0.25, -0.2) is 0 Å². The normalized spacial score (nSPS) is 41.4. The fraction of sp³-hybridized carbons (Fsp3) is 1.00. The summed E-state index contributed by atoms with van der Waals surface area (Å²) >= 11 is 0. The van der Waals surface area contributed by atoms with Gasteiger partial charge in [0.15, 0.2) is 0 Å². The fourth-order valence-corrected chi connectivity index (χ4v) is 4.81. The molecular weight excluding hydrogens is 258 g/mol. The number of rotatable bonds is 5. The summed E-state index contributed by atoms with van der Waals surface area (Å²) in [5.41, 5.74) is 0.113. The van der Waals surface area contributed by atoms with Crippen LogP contribution in [0.2, 0.25) is 0 Å². The van der Waals surface area contributed by atoms with E-state index < -0.39 is 0 Å². The molecule has 2 unspecified atom stereocenters. The molecule has 2 aliphatic carbocycles. The molecule has 21 heavy (non-hydrogen) atoms. The van der Waals surface area contributed by atoms with Crippen LogP contribution in [0, 0.1) is 23.7 Å². The van der Waals surface area contributed by atoms with E-state index in [1.54, 1.807) is 0 Å². The third kappa shape index (κ3) is 4.69. The molecule has 0 aromatic carbocycles. The Bertz CT molecular complexity index is 297. The third-order valence-corrected chi connectivity index (χ3v) is 5.94. The van der Waals surface area contributed by atoms with Gasteiger partial charge in [0.05, 0.1) is 11.7 Å². The van der Waals surface area contributed by atoms with Crippen LogP contribution < -0.4 is 5.32 Å². The Morgan fingerprint density at radius 2 is 1.62 bits per heavy atom. The Morgan fingerprint density at radius 1 is 1.05 bits per heavy atom. The van der Waals surface area contributed by atoms with Gasteiger partial charge in [-0.05, 0) is 75.7 Å². The largest absolute Gasteiger partial charge is 0.370 e. The average Bonchev–Trinajstić information content (AvgIpc) is 2.38. The summed E-state index contributed by atoms with van der Waals surface area (Å²) in [6.45, 7) is 10.6. The minimum atomic E-state index is 0.113. The molecule has 2 heteroatoms. The Kier molecular flexibility index (Phi) is 6.14. The highest BCUT2D eigenvalue weighted by Gasteiger charge is 2.39. The maximum atomic E-state index is 6.77. The summed E-state index contributed by atoms with van der Waals surface area (Å²) in [5, 5.41) is 3.41. The lowest BCUT2D eigenvalue weighted by molar-refractivity contribution is -0.137. The molecule has 0 saturated heterocycles. The summed E-state index contributed by atoms with van der Waals surface area (Å²) in [5.74, 6) is 3.39. The highest BCUT2D eigenvalue weighted by Crippen LogP contribution is 2.41. The predicted molar refractivity (Wildman–Crippen MR) is 90.5 cm³/mol. The van der Waals surface area contributed by atoms with E-state index in [2.05, 4.69) is 40.1 Å². The zero-order valence-corrected chi connectivity index (χ0v) is 15.0. The Hall–Kier alpha value is -0.0800. The fourth-order valence-electron chi connectivity index (χ4n) is 4.81. The second kappa shape index (κ2) is 7.46. The van der Waals surface area contributed by atoms with Crippen molar-refractivity contribution in [3.63, 3.8) is 0 Å². The van der Waals surface area contributed by atoms with E-state index in [0.29, 0.717) is 6.10 Å². The molecule has 0 heterocycles. The average molecular weight is 296 g/mol. The van der Waals surface area contributed by atoms with Crippen molar-refractivity contribution in [3.8, 4) is 0 Å².